The first kappa shape index (κ1) is 27.7. The number of amides is 1. The van der Waals surface area contributed by atoms with Crippen LogP contribution in [0.5, 0.6) is 0 Å². The van der Waals surface area contributed by atoms with Gasteiger partial charge < -0.3 is 20.4 Å². The number of benzene rings is 3. The number of alkyl halides is 3. The van der Waals surface area contributed by atoms with Crippen LogP contribution in [-0.4, -0.2) is 44.0 Å². The molecule has 0 radical (unpaired) electrons. The van der Waals surface area contributed by atoms with E-state index in [2.05, 4.69) is 15.6 Å². The van der Waals surface area contributed by atoms with Gasteiger partial charge in [0.15, 0.2) is 5.11 Å². The monoisotopic (exact) mass is 579 g/mol. The number of carbonyl (C=O) groups excluding carboxylic acids is 1. The molecule has 0 saturated carbocycles. The molecule has 1 aliphatic heterocycles. The highest BCUT2D eigenvalue weighted by Gasteiger charge is 2.35. The highest BCUT2D eigenvalue weighted by Crippen LogP contribution is 2.38. The van der Waals surface area contributed by atoms with E-state index in [4.69, 9.17) is 35.4 Å². The maximum absolute atomic E-state index is 13.6. The molecule has 0 aromatic heterocycles. The van der Waals surface area contributed by atoms with Crippen LogP contribution in [0.1, 0.15) is 16.7 Å². The van der Waals surface area contributed by atoms with Gasteiger partial charge in [0, 0.05) is 53.7 Å². The van der Waals surface area contributed by atoms with Gasteiger partial charge in [-0.1, -0.05) is 41.4 Å². The number of anilines is 3. The second-order valence-electron chi connectivity index (χ2n) is 8.64. The summed E-state index contributed by atoms with van der Waals surface area (Å²) >= 11 is 18.1. The molecule has 0 bridgehead atoms. The summed E-state index contributed by atoms with van der Waals surface area (Å²) in [6.45, 7) is 0. The Hall–Kier alpha value is -3.34. The van der Waals surface area contributed by atoms with E-state index in [9.17, 15) is 18.0 Å². The number of hydrogen-bond donors (Lipinski definition) is 2. The molecular weight excluding hydrogens is 558 g/mol. The SMILES string of the molecule is CN(C)c1ccc(NC(=S)NC2N=C(c3ccccc3Cl)c3cc(Cl)ccc3N(C)C2=O)cc1C(F)(F)F. The van der Waals surface area contributed by atoms with Gasteiger partial charge in [0.1, 0.15) is 0 Å². The van der Waals surface area contributed by atoms with Gasteiger partial charge in [-0.2, -0.15) is 13.2 Å². The number of rotatable bonds is 4. The third-order valence-electron chi connectivity index (χ3n) is 5.84. The summed E-state index contributed by atoms with van der Waals surface area (Å²) in [6.07, 6.45) is -5.78. The van der Waals surface area contributed by atoms with Crippen molar-refractivity contribution in [2.24, 2.45) is 4.99 Å². The van der Waals surface area contributed by atoms with Gasteiger partial charge >= 0.3 is 6.18 Å². The molecule has 198 valence electrons. The zero-order valence-corrected chi connectivity index (χ0v) is 22.7. The van der Waals surface area contributed by atoms with E-state index in [0.717, 1.165) is 6.07 Å². The van der Waals surface area contributed by atoms with Crippen LogP contribution in [-0.2, 0) is 11.0 Å². The van der Waals surface area contributed by atoms with Gasteiger partial charge in [-0.25, -0.2) is 4.99 Å². The molecule has 0 fully saturated rings. The number of benzodiazepines with no additional fused rings is 1. The van der Waals surface area contributed by atoms with E-state index < -0.39 is 23.8 Å². The summed E-state index contributed by atoms with van der Waals surface area (Å²) in [4.78, 5) is 20.8. The first-order valence-corrected chi connectivity index (χ1v) is 12.4. The molecule has 3 aromatic rings. The van der Waals surface area contributed by atoms with Gasteiger partial charge in [-0.3, -0.25) is 4.79 Å². The van der Waals surface area contributed by atoms with E-state index in [1.54, 1.807) is 49.5 Å². The average Bonchev–Trinajstić information content (AvgIpc) is 2.94. The molecule has 1 heterocycles. The van der Waals surface area contributed by atoms with Crippen molar-refractivity contribution in [3.05, 3.63) is 87.4 Å². The number of carbonyl (C=O) groups is 1. The summed E-state index contributed by atoms with van der Waals surface area (Å²) < 4.78 is 40.9. The number of likely N-dealkylation sites (N-methyl/N-ethyl adjacent to an activating group) is 1. The largest absolute Gasteiger partial charge is 0.418 e. The fourth-order valence-corrected chi connectivity index (χ4v) is 4.66. The van der Waals surface area contributed by atoms with Crippen molar-refractivity contribution in [3.63, 3.8) is 0 Å². The molecule has 4 rings (SSSR count). The Morgan fingerprint density at radius 2 is 1.76 bits per heavy atom. The molecule has 12 heteroatoms. The first-order valence-electron chi connectivity index (χ1n) is 11.2. The van der Waals surface area contributed by atoms with Crippen molar-refractivity contribution in [1.29, 1.82) is 0 Å². The fourth-order valence-electron chi connectivity index (χ4n) is 4.03. The van der Waals surface area contributed by atoms with E-state index in [1.165, 1.54) is 36.0 Å². The van der Waals surface area contributed by atoms with Crippen LogP contribution >= 0.6 is 35.4 Å². The highest BCUT2D eigenvalue weighted by molar-refractivity contribution is 7.80. The van der Waals surface area contributed by atoms with Crippen molar-refractivity contribution in [1.82, 2.24) is 5.32 Å². The summed E-state index contributed by atoms with van der Waals surface area (Å²) in [5.41, 5.74) is 1.38. The highest BCUT2D eigenvalue weighted by atomic mass is 35.5. The van der Waals surface area contributed by atoms with Crippen molar-refractivity contribution >= 4 is 69.2 Å². The third kappa shape index (κ3) is 5.72. The lowest BCUT2D eigenvalue weighted by Crippen LogP contribution is -2.47. The molecule has 1 unspecified atom stereocenters. The molecule has 38 heavy (non-hydrogen) atoms. The van der Waals surface area contributed by atoms with Crippen molar-refractivity contribution in [3.8, 4) is 0 Å². The molecule has 1 amide bonds. The van der Waals surface area contributed by atoms with Crippen LogP contribution in [0.3, 0.4) is 0 Å². The van der Waals surface area contributed by atoms with Crippen LogP contribution in [0.4, 0.5) is 30.2 Å². The first-order chi connectivity index (χ1) is 17.9. The minimum absolute atomic E-state index is 0.00732. The minimum atomic E-state index is -4.58. The quantitative estimate of drug-likeness (QED) is 0.360. The third-order valence-corrected chi connectivity index (χ3v) is 6.62. The summed E-state index contributed by atoms with van der Waals surface area (Å²) in [5.74, 6) is -0.446. The second-order valence-corrected chi connectivity index (χ2v) is 9.89. The molecule has 0 saturated heterocycles. The molecule has 1 atom stereocenters. The topological polar surface area (TPSA) is 60.0 Å². The fraction of sp³-hybridized carbons (Fsp3) is 0.192. The zero-order chi connectivity index (χ0) is 27.8. The molecule has 2 N–H and O–H groups in total. The molecule has 0 spiro atoms. The number of fused-ring (bicyclic) bond motifs is 1. The number of thiocarbonyl (C=S) groups is 1. The van der Waals surface area contributed by atoms with Crippen LogP contribution in [0.25, 0.3) is 0 Å². The number of nitrogens with zero attached hydrogens (tertiary/aromatic N) is 3. The van der Waals surface area contributed by atoms with Gasteiger partial charge in [-0.15, -0.1) is 0 Å². The Kier molecular flexibility index (Phi) is 7.87. The maximum atomic E-state index is 13.6. The number of hydrogen-bond acceptors (Lipinski definition) is 4. The van der Waals surface area contributed by atoms with Crippen LogP contribution in [0, 0.1) is 0 Å². The summed E-state index contributed by atoms with van der Waals surface area (Å²) in [7, 11) is 4.64. The number of nitrogens with one attached hydrogen (secondary N) is 2. The normalized spacial score (nSPS) is 15.4. The number of aliphatic imine (C=N–C) groups is 1. The molecule has 1 aliphatic rings. The lowest BCUT2D eigenvalue weighted by molar-refractivity contribution is -0.137. The molecule has 3 aromatic carbocycles. The van der Waals surface area contributed by atoms with E-state index in [-0.39, 0.29) is 16.5 Å². The predicted molar refractivity (Wildman–Crippen MR) is 151 cm³/mol. The summed E-state index contributed by atoms with van der Waals surface area (Å²) in [5, 5.41) is 6.32. The lowest BCUT2D eigenvalue weighted by Gasteiger charge is -2.23. The van der Waals surface area contributed by atoms with Crippen molar-refractivity contribution in [2.75, 3.05) is 36.3 Å². The minimum Gasteiger partial charge on any atom is -0.377 e. The van der Waals surface area contributed by atoms with Gasteiger partial charge in [0.2, 0.25) is 6.17 Å². The smallest absolute Gasteiger partial charge is 0.377 e. The van der Waals surface area contributed by atoms with E-state index in [0.29, 0.717) is 32.6 Å². The van der Waals surface area contributed by atoms with Crippen LogP contribution < -0.4 is 20.4 Å². The van der Waals surface area contributed by atoms with Crippen LogP contribution in [0.2, 0.25) is 10.0 Å². The average molecular weight is 580 g/mol. The number of halogens is 5. The Labute approximate surface area is 233 Å². The maximum Gasteiger partial charge on any atom is 0.418 e. The van der Waals surface area contributed by atoms with E-state index in [1.807, 2.05) is 0 Å². The molecule has 6 nitrogen and oxygen atoms in total. The Balaban J connectivity index is 1.70. The standard InChI is InChI=1S/C26H22Cl2F3N5OS/c1-35(2)21-11-9-15(13-18(21)26(29,30)31)32-25(38)34-23-24(37)36(3)20-10-8-14(27)12-17(20)22(33-23)16-6-4-5-7-19(16)28/h4-13,23H,1-3H3,(H2,32,34,38). The summed E-state index contributed by atoms with van der Waals surface area (Å²) in [6, 6.07) is 15.8. The van der Waals surface area contributed by atoms with E-state index >= 15 is 0 Å². The Bertz CT molecular complexity index is 1440. The van der Waals surface area contributed by atoms with Crippen molar-refractivity contribution in [2.45, 2.75) is 12.3 Å². The van der Waals surface area contributed by atoms with Gasteiger partial charge in [-0.05, 0) is 54.7 Å². The lowest BCUT2D eigenvalue weighted by atomic mass is 10.00. The predicted octanol–water partition coefficient (Wildman–Crippen LogP) is 6.20. The van der Waals surface area contributed by atoms with Gasteiger partial charge in [0.25, 0.3) is 5.91 Å². The molecular formula is C26H22Cl2F3N5OS. The van der Waals surface area contributed by atoms with Crippen molar-refractivity contribution < 1.29 is 18.0 Å². The second kappa shape index (κ2) is 10.8. The zero-order valence-electron chi connectivity index (χ0n) is 20.4. The Morgan fingerprint density at radius 3 is 2.42 bits per heavy atom. The van der Waals surface area contributed by atoms with Gasteiger partial charge in [0.05, 0.1) is 17.0 Å². The Morgan fingerprint density at radius 1 is 1.05 bits per heavy atom. The molecule has 0 aliphatic carbocycles. The van der Waals surface area contributed by atoms with Crippen LogP contribution in [0.15, 0.2) is 65.7 Å².